The van der Waals surface area contributed by atoms with Gasteiger partial charge >= 0.3 is 0 Å². The SMILES string of the molecule is COCCN1C[C@H](Cc2ccc(OC)nc2)CC1=O. The van der Waals surface area contributed by atoms with Crippen molar-refractivity contribution in [2.24, 2.45) is 5.92 Å². The maximum Gasteiger partial charge on any atom is 0.223 e. The van der Waals surface area contributed by atoms with Crippen LogP contribution >= 0.6 is 0 Å². The molecule has 1 aliphatic rings. The van der Waals surface area contributed by atoms with Crippen molar-refractivity contribution in [3.63, 3.8) is 0 Å². The van der Waals surface area contributed by atoms with Crippen LogP contribution in [0.3, 0.4) is 0 Å². The lowest BCUT2D eigenvalue weighted by Crippen LogP contribution is -2.28. The normalized spacial score (nSPS) is 18.9. The molecule has 19 heavy (non-hydrogen) atoms. The highest BCUT2D eigenvalue weighted by Crippen LogP contribution is 2.22. The van der Waals surface area contributed by atoms with Crippen LogP contribution < -0.4 is 4.74 Å². The largest absolute Gasteiger partial charge is 0.481 e. The highest BCUT2D eigenvalue weighted by Gasteiger charge is 2.29. The number of pyridine rings is 1. The monoisotopic (exact) mass is 264 g/mol. The van der Waals surface area contributed by atoms with Gasteiger partial charge in [0.1, 0.15) is 0 Å². The maximum atomic E-state index is 11.8. The van der Waals surface area contributed by atoms with Crippen LogP contribution in [-0.2, 0) is 16.0 Å². The Morgan fingerprint density at radius 2 is 2.26 bits per heavy atom. The standard InChI is InChI=1S/C14H20N2O3/c1-18-6-5-16-10-12(8-14(16)17)7-11-3-4-13(19-2)15-9-11/h3-4,9,12H,5-8,10H2,1-2H3/t12-/m1/s1. The molecule has 0 N–H and O–H groups in total. The third-order valence-corrected chi connectivity index (χ3v) is 3.39. The van der Waals surface area contributed by atoms with Crippen LogP contribution in [0.2, 0.25) is 0 Å². The van der Waals surface area contributed by atoms with Crippen LogP contribution in [0.1, 0.15) is 12.0 Å². The number of nitrogens with zero attached hydrogens (tertiary/aromatic N) is 2. The van der Waals surface area contributed by atoms with Crippen LogP contribution in [0.25, 0.3) is 0 Å². The van der Waals surface area contributed by atoms with Gasteiger partial charge in [0.15, 0.2) is 0 Å². The summed E-state index contributed by atoms with van der Waals surface area (Å²) in [6.45, 7) is 2.10. The Hall–Kier alpha value is -1.62. The molecular formula is C14H20N2O3. The Kier molecular flexibility index (Phi) is 4.74. The average Bonchev–Trinajstić information content (AvgIpc) is 2.77. The summed E-state index contributed by atoms with van der Waals surface area (Å²) in [7, 11) is 3.26. The molecule has 104 valence electrons. The quantitative estimate of drug-likeness (QED) is 0.773. The second kappa shape index (κ2) is 6.52. The molecule has 0 aliphatic carbocycles. The van der Waals surface area contributed by atoms with E-state index >= 15 is 0 Å². The maximum absolute atomic E-state index is 11.8. The summed E-state index contributed by atoms with van der Waals surface area (Å²) < 4.78 is 10.0. The number of carbonyl (C=O) groups excluding carboxylic acids is 1. The Morgan fingerprint density at radius 1 is 1.42 bits per heavy atom. The van der Waals surface area contributed by atoms with Crippen LogP contribution in [0.5, 0.6) is 5.88 Å². The summed E-state index contributed by atoms with van der Waals surface area (Å²) in [6.07, 6.45) is 3.32. The summed E-state index contributed by atoms with van der Waals surface area (Å²) in [5.41, 5.74) is 1.15. The summed E-state index contributed by atoms with van der Waals surface area (Å²) in [6, 6.07) is 3.86. The summed E-state index contributed by atoms with van der Waals surface area (Å²) >= 11 is 0. The van der Waals surface area contributed by atoms with E-state index < -0.39 is 0 Å². The Morgan fingerprint density at radius 3 is 2.89 bits per heavy atom. The highest BCUT2D eigenvalue weighted by atomic mass is 16.5. The molecule has 1 aliphatic heterocycles. The first-order valence-electron chi connectivity index (χ1n) is 6.48. The molecule has 1 amide bonds. The third kappa shape index (κ3) is 3.67. The van der Waals surface area contributed by atoms with Crippen molar-refractivity contribution >= 4 is 5.91 Å². The summed E-state index contributed by atoms with van der Waals surface area (Å²) in [4.78, 5) is 17.9. The van der Waals surface area contributed by atoms with E-state index in [0.29, 0.717) is 31.4 Å². The molecule has 2 rings (SSSR count). The zero-order valence-corrected chi connectivity index (χ0v) is 11.5. The lowest BCUT2D eigenvalue weighted by atomic mass is 10.00. The number of hydrogen-bond donors (Lipinski definition) is 0. The molecule has 0 unspecified atom stereocenters. The summed E-state index contributed by atoms with van der Waals surface area (Å²) in [5.74, 6) is 1.22. The van der Waals surface area contributed by atoms with Gasteiger partial charge in [-0.3, -0.25) is 4.79 Å². The van der Waals surface area contributed by atoms with E-state index in [2.05, 4.69) is 4.98 Å². The number of rotatable bonds is 6. The molecule has 1 fully saturated rings. The molecule has 0 spiro atoms. The molecule has 5 nitrogen and oxygen atoms in total. The van der Waals surface area contributed by atoms with Crippen LogP contribution in [0.4, 0.5) is 0 Å². The van der Waals surface area contributed by atoms with E-state index in [1.807, 2.05) is 23.2 Å². The van der Waals surface area contributed by atoms with E-state index in [1.165, 1.54) is 0 Å². The molecule has 0 aromatic carbocycles. The molecule has 0 radical (unpaired) electrons. The molecular weight excluding hydrogens is 244 g/mol. The smallest absolute Gasteiger partial charge is 0.223 e. The molecule has 0 saturated carbocycles. The molecule has 0 bridgehead atoms. The van der Waals surface area contributed by atoms with Crippen molar-refractivity contribution in [1.29, 1.82) is 0 Å². The topological polar surface area (TPSA) is 51.7 Å². The minimum atomic E-state index is 0.225. The predicted octanol–water partition coefficient (Wildman–Crippen LogP) is 1.13. The number of hydrogen-bond acceptors (Lipinski definition) is 4. The van der Waals surface area contributed by atoms with E-state index in [4.69, 9.17) is 9.47 Å². The molecule has 2 heterocycles. The van der Waals surface area contributed by atoms with Gasteiger partial charge in [0.05, 0.1) is 13.7 Å². The van der Waals surface area contributed by atoms with Crippen LogP contribution in [-0.4, -0.2) is 49.7 Å². The fourth-order valence-electron chi connectivity index (χ4n) is 2.39. The highest BCUT2D eigenvalue weighted by molar-refractivity contribution is 5.78. The minimum absolute atomic E-state index is 0.225. The molecule has 1 aromatic heterocycles. The fraction of sp³-hybridized carbons (Fsp3) is 0.571. The zero-order chi connectivity index (χ0) is 13.7. The predicted molar refractivity (Wildman–Crippen MR) is 71.1 cm³/mol. The van der Waals surface area contributed by atoms with Crippen molar-refractivity contribution in [3.8, 4) is 5.88 Å². The molecule has 1 atom stereocenters. The number of carbonyl (C=O) groups is 1. The van der Waals surface area contributed by atoms with Gasteiger partial charge in [-0.2, -0.15) is 0 Å². The number of ether oxygens (including phenoxy) is 2. The van der Waals surface area contributed by atoms with Gasteiger partial charge < -0.3 is 14.4 Å². The summed E-state index contributed by atoms with van der Waals surface area (Å²) in [5, 5.41) is 0. The molecule has 1 aromatic rings. The number of amides is 1. The molecule has 1 saturated heterocycles. The number of likely N-dealkylation sites (tertiary alicyclic amines) is 1. The lowest BCUT2D eigenvalue weighted by Gasteiger charge is -2.15. The van der Waals surface area contributed by atoms with Crippen molar-refractivity contribution in [2.45, 2.75) is 12.8 Å². The van der Waals surface area contributed by atoms with Crippen molar-refractivity contribution < 1.29 is 14.3 Å². The van der Waals surface area contributed by atoms with Crippen molar-refractivity contribution in [2.75, 3.05) is 33.9 Å². The number of methoxy groups -OCH3 is 2. The lowest BCUT2D eigenvalue weighted by molar-refractivity contribution is -0.128. The number of aromatic nitrogens is 1. The van der Waals surface area contributed by atoms with Gasteiger partial charge in [0.25, 0.3) is 0 Å². The second-order valence-corrected chi connectivity index (χ2v) is 4.82. The fourth-order valence-corrected chi connectivity index (χ4v) is 2.39. The molecule has 5 heteroatoms. The Labute approximate surface area is 113 Å². The average molecular weight is 264 g/mol. The first-order chi connectivity index (χ1) is 9.22. The zero-order valence-electron chi connectivity index (χ0n) is 11.5. The Bertz CT molecular complexity index is 419. The third-order valence-electron chi connectivity index (χ3n) is 3.39. The van der Waals surface area contributed by atoms with E-state index in [0.717, 1.165) is 18.5 Å². The van der Waals surface area contributed by atoms with Gasteiger partial charge in [-0.15, -0.1) is 0 Å². The van der Waals surface area contributed by atoms with Crippen LogP contribution in [0.15, 0.2) is 18.3 Å². The van der Waals surface area contributed by atoms with Gasteiger partial charge in [-0.25, -0.2) is 4.98 Å². The van der Waals surface area contributed by atoms with Gasteiger partial charge in [0, 0.05) is 38.9 Å². The van der Waals surface area contributed by atoms with Gasteiger partial charge in [-0.05, 0) is 17.9 Å². The Balaban J connectivity index is 1.88. The van der Waals surface area contributed by atoms with Crippen LogP contribution in [0, 0.1) is 5.92 Å². The van der Waals surface area contributed by atoms with Crippen molar-refractivity contribution in [3.05, 3.63) is 23.9 Å². The van der Waals surface area contributed by atoms with Crippen molar-refractivity contribution in [1.82, 2.24) is 9.88 Å². The van der Waals surface area contributed by atoms with Gasteiger partial charge in [0.2, 0.25) is 11.8 Å². The van der Waals surface area contributed by atoms with Gasteiger partial charge in [-0.1, -0.05) is 6.07 Å². The van der Waals surface area contributed by atoms with E-state index in [1.54, 1.807) is 14.2 Å². The minimum Gasteiger partial charge on any atom is -0.481 e. The first-order valence-corrected chi connectivity index (χ1v) is 6.48. The first kappa shape index (κ1) is 13.8. The second-order valence-electron chi connectivity index (χ2n) is 4.82. The van der Waals surface area contributed by atoms with E-state index in [-0.39, 0.29) is 5.91 Å². The van der Waals surface area contributed by atoms with E-state index in [9.17, 15) is 4.79 Å².